The average Bonchev–Trinajstić information content (AvgIpc) is 2.59. The second kappa shape index (κ2) is 8.24. The molecule has 2 rings (SSSR count). The Balaban J connectivity index is 2.11. The molecule has 1 fully saturated rings. The van der Waals surface area contributed by atoms with Gasteiger partial charge in [-0.3, -0.25) is 0 Å². The van der Waals surface area contributed by atoms with E-state index in [0.29, 0.717) is 24.6 Å². The van der Waals surface area contributed by atoms with Crippen LogP contribution in [0.3, 0.4) is 0 Å². The van der Waals surface area contributed by atoms with Gasteiger partial charge in [0.25, 0.3) is 0 Å². The summed E-state index contributed by atoms with van der Waals surface area (Å²) >= 11 is -0.426. The first-order valence-corrected chi connectivity index (χ1v) is 10.1. The maximum atomic E-state index is 12.9. The lowest BCUT2D eigenvalue weighted by Gasteiger charge is -2.27. The second-order valence-corrected chi connectivity index (χ2v) is 8.64. The number of nitrogens with two attached hydrogens (primary N) is 1. The Labute approximate surface area is 148 Å². The first kappa shape index (κ1) is 20.5. The van der Waals surface area contributed by atoms with Crippen LogP contribution in [-0.4, -0.2) is 21.5 Å². The number of halogens is 4. The van der Waals surface area contributed by atoms with Gasteiger partial charge in [0.05, 0.1) is 22.6 Å². The Bertz CT molecular complexity index is 687. The SMILES string of the molecule is NCC1CCC(CNS(=O)(=O)c2cc(SF)cc(C(F)(F)F)c2)CC1. The van der Waals surface area contributed by atoms with E-state index in [1.165, 1.54) is 0 Å². The van der Waals surface area contributed by atoms with E-state index in [1.807, 2.05) is 0 Å². The van der Waals surface area contributed by atoms with Gasteiger partial charge in [0.15, 0.2) is 0 Å². The standard InChI is InChI=1S/C15H20F4N2O2S2/c16-15(17,18)12-5-13(24-19)7-14(6-12)25(22,23)21-9-11-3-1-10(8-20)2-4-11/h5-7,10-11,21H,1-4,8-9,20H2. The van der Waals surface area contributed by atoms with E-state index in [9.17, 15) is 25.5 Å². The summed E-state index contributed by atoms with van der Waals surface area (Å²) in [4.78, 5) is -0.989. The number of sulfonamides is 1. The van der Waals surface area contributed by atoms with Crippen molar-refractivity contribution >= 4 is 22.2 Å². The fourth-order valence-corrected chi connectivity index (χ4v) is 4.52. The van der Waals surface area contributed by atoms with Crippen LogP contribution in [0.15, 0.2) is 28.0 Å². The molecule has 4 nitrogen and oxygen atoms in total. The van der Waals surface area contributed by atoms with Crippen LogP contribution in [0.5, 0.6) is 0 Å². The summed E-state index contributed by atoms with van der Waals surface area (Å²) in [6.45, 7) is 0.750. The monoisotopic (exact) mass is 400 g/mol. The predicted octanol–water partition coefficient (Wildman–Crippen LogP) is 3.73. The lowest BCUT2D eigenvalue weighted by atomic mass is 9.82. The van der Waals surface area contributed by atoms with Gasteiger partial charge < -0.3 is 5.73 Å². The van der Waals surface area contributed by atoms with Gasteiger partial charge in [-0.2, -0.15) is 17.1 Å². The highest BCUT2D eigenvalue weighted by Gasteiger charge is 2.33. The lowest BCUT2D eigenvalue weighted by Crippen LogP contribution is -2.32. The first-order valence-electron chi connectivity index (χ1n) is 7.86. The molecule has 0 spiro atoms. The fraction of sp³-hybridized carbons (Fsp3) is 0.600. The highest BCUT2D eigenvalue weighted by molar-refractivity contribution is 7.94. The maximum absolute atomic E-state index is 12.9. The third-order valence-electron chi connectivity index (χ3n) is 4.47. The molecule has 10 heteroatoms. The van der Waals surface area contributed by atoms with Crippen molar-refractivity contribution in [1.29, 1.82) is 0 Å². The number of alkyl halides is 3. The number of benzene rings is 1. The number of rotatable bonds is 6. The van der Waals surface area contributed by atoms with Gasteiger partial charge in [0.1, 0.15) is 0 Å². The van der Waals surface area contributed by atoms with Gasteiger partial charge in [0.2, 0.25) is 10.0 Å². The Morgan fingerprint density at radius 3 is 2.24 bits per heavy atom. The first-order chi connectivity index (χ1) is 11.7. The molecule has 0 aliphatic heterocycles. The summed E-state index contributed by atoms with van der Waals surface area (Å²) in [5.74, 6) is 0.568. The molecule has 0 aromatic heterocycles. The minimum Gasteiger partial charge on any atom is -0.330 e. The van der Waals surface area contributed by atoms with Crippen LogP contribution >= 0.6 is 12.1 Å². The molecule has 0 unspecified atom stereocenters. The molecule has 1 aromatic rings. The smallest absolute Gasteiger partial charge is 0.330 e. The summed E-state index contributed by atoms with van der Waals surface area (Å²) in [5, 5.41) is 0. The zero-order valence-corrected chi connectivity index (χ0v) is 15.0. The van der Waals surface area contributed by atoms with E-state index < -0.39 is 43.7 Å². The Morgan fingerprint density at radius 2 is 1.72 bits per heavy atom. The van der Waals surface area contributed by atoms with Crippen molar-refractivity contribution in [3.05, 3.63) is 23.8 Å². The van der Waals surface area contributed by atoms with E-state index in [2.05, 4.69) is 4.72 Å². The van der Waals surface area contributed by atoms with Gasteiger partial charge >= 0.3 is 6.18 Å². The van der Waals surface area contributed by atoms with Crippen molar-refractivity contribution in [2.75, 3.05) is 13.1 Å². The Hall–Kier alpha value is -0.840. The van der Waals surface area contributed by atoms with Crippen LogP contribution in [0, 0.1) is 11.8 Å². The highest BCUT2D eigenvalue weighted by atomic mass is 32.2. The molecule has 1 aliphatic carbocycles. The molecule has 0 atom stereocenters. The molecule has 3 N–H and O–H groups in total. The van der Waals surface area contributed by atoms with E-state index in [1.54, 1.807) is 0 Å². The molecule has 1 aliphatic rings. The van der Waals surface area contributed by atoms with Crippen LogP contribution in [0.1, 0.15) is 31.2 Å². The summed E-state index contributed by atoms with van der Waals surface area (Å²) in [6.07, 6.45) is -1.29. The topological polar surface area (TPSA) is 72.2 Å². The molecule has 0 radical (unpaired) electrons. The largest absolute Gasteiger partial charge is 0.416 e. The lowest BCUT2D eigenvalue weighted by molar-refractivity contribution is -0.137. The van der Waals surface area contributed by atoms with Crippen molar-refractivity contribution in [3.63, 3.8) is 0 Å². The molecule has 25 heavy (non-hydrogen) atoms. The van der Waals surface area contributed by atoms with E-state index in [4.69, 9.17) is 5.73 Å². The summed E-state index contributed by atoms with van der Waals surface area (Å²) in [7, 11) is -4.15. The van der Waals surface area contributed by atoms with Gasteiger partial charge in [-0.1, -0.05) is 0 Å². The highest BCUT2D eigenvalue weighted by Crippen LogP contribution is 2.34. The average molecular weight is 400 g/mol. The van der Waals surface area contributed by atoms with Crippen LogP contribution in [0.25, 0.3) is 0 Å². The van der Waals surface area contributed by atoms with Crippen molar-refractivity contribution in [1.82, 2.24) is 4.72 Å². The molecule has 142 valence electrons. The molecular formula is C15H20F4N2O2S2. The Morgan fingerprint density at radius 1 is 1.12 bits per heavy atom. The van der Waals surface area contributed by atoms with Gasteiger partial charge in [-0.15, -0.1) is 0 Å². The predicted molar refractivity (Wildman–Crippen MR) is 88.1 cm³/mol. The summed E-state index contributed by atoms with van der Waals surface area (Å²) in [6, 6.07) is 2.00. The molecule has 0 heterocycles. The molecule has 0 saturated heterocycles. The summed E-state index contributed by atoms with van der Waals surface area (Å²) in [5.41, 5.74) is 4.41. The fourth-order valence-electron chi connectivity index (χ4n) is 2.92. The Kier molecular flexibility index (Phi) is 6.74. The maximum Gasteiger partial charge on any atom is 0.416 e. The van der Waals surface area contributed by atoms with E-state index >= 15 is 0 Å². The zero-order valence-electron chi connectivity index (χ0n) is 13.4. The van der Waals surface area contributed by atoms with Crippen LogP contribution in [-0.2, 0) is 16.2 Å². The van der Waals surface area contributed by atoms with Crippen molar-refractivity contribution in [2.24, 2.45) is 17.6 Å². The number of nitrogens with one attached hydrogen (secondary N) is 1. The van der Waals surface area contributed by atoms with E-state index in [-0.39, 0.29) is 12.5 Å². The third kappa shape index (κ3) is 5.57. The van der Waals surface area contributed by atoms with Gasteiger partial charge in [-0.25, -0.2) is 13.1 Å². The van der Waals surface area contributed by atoms with Crippen LogP contribution in [0.4, 0.5) is 17.1 Å². The normalized spacial score (nSPS) is 22.1. The number of hydrogen-bond acceptors (Lipinski definition) is 4. The molecule has 1 aromatic carbocycles. The van der Waals surface area contributed by atoms with Gasteiger partial charge in [-0.05, 0) is 62.3 Å². The quantitative estimate of drug-likeness (QED) is 0.714. The van der Waals surface area contributed by atoms with Crippen molar-refractivity contribution in [2.45, 2.75) is 41.7 Å². The van der Waals surface area contributed by atoms with Crippen molar-refractivity contribution < 1.29 is 25.5 Å². The summed E-state index contributed by atoms with van der Waals surface area (Å²) < 4.78 is 78.3. The van der Waals surface area contributed by atoms with Crippen LogP contribution in [0.2, 0.25) is 0 Å². The molecule has 0 bridgehead atoms. The third-order valence-corrected chi connectivity index (χ3v) is 6.29. The van der Waals surface area contributed by atoms with Crippen LogP contribution < -0.4 is 10.5 Å². The minimum atomic E-state index is -4.75. The zero-order chi connectivity index (χ0) is 18.7. The minimum absolute atomic E-state index is 0.124. The molecule has 0 amide bonds. The second-order valence-electron chi connectivity index (χ2n) is 6.24. The van der Waals surface area contributed by atoms with Gasteiger partial charge in [0, 0.05) is 11.4 Å². The van der Waals surface area contributed by atoms with Crippen molar-refractivity contribution in [3.8, 4) is 0 Å². The molecular weight excluding hydrogens is 380 g/mol. The number of hydrogen-bond donors (Lipinski definition) is 2. The molecule has 1 saturated carbocycles. The van der Waals surface area contributed by atoms with E-state index in [0.717, 1.165) is 31.7 Å².